The summed E-state index contributed by atoms with van der Waals surface area (Å²) in [7, 11) is 1.95. The first-order valence-corrected chi connectivity index (χ1v) is 9.82. The first kappa shape index (κ1) is 18.7. The van der Waals surface area contributed by atoms with Gasteiger partial charge in [-0.2, -0.15) is 0 Å². The van der Waals surface area contributed by atoms with E-state index >= 15 is 0 Å². The predicted octanol–water partition coefficient (Wildman–Crippen LogP) is 1.56. The van der Waals surface area contributed by atoms with Crippen LogP contribution in [0.1, 0.15) is 29.4 Å². The molecule has 2 saturated heterocycles. The van der Waals surface area contributed by atoms with Crippen LogP contribution in [0.25, 0.3) is 0 Å². The van der Waals surface area contributed by atoms with Crippen molar-refractivity contribution in [2.24, 2.45) is 13.0 Å². The summed E-state index contributed by atoms with van der Waals surface area (Å²) >= 11 is 0. The summed E-state index contributed by atoms with van der Waals surface area (Å²) in [5.74, 6) is 0.635. The standard InChI is InChI=1S/C21H27N5O2/c1-14-5-4-6-17(15(14)2)26-13-16(11-19(26)27)21(28)25-10-7-22-12-18(25)20-23-8-9-24(20)3/h4-6,8-9,16,18,22H,7,10-13H2,1-3H3. The fourth-order valence-electron chi connectivity index (χ4n) is 4.27. The number of hydrogen-bond acceptors (Lipinski definition) is 4. The molecule has 2 fully saturated rings. The van der Waals surface area contributed by atoms with E-state index in [0.29, 0.717) is 19.6 Å². The van der Waals surface area contributed by atoms with Gasteiger partial charge in [0.05, 0.1) is 5.92 Å². The van der Waals surface area contributed by atoms with Crippen LogP contribution in [0.3, 0.4) is 0 Å². The smallest absolute Gasteiger partial charge is 0.228 e. The summed E-state index contributed by atoms with van der Waals surface area (Å²) in [5.41, 5.74) is 3.16. The minimum absolute atomic E-state index is 0.0238. The van der Waals surface area contributed by atoms with Crippen molar-refractivity contribution in [1.82, 2.24) is 19.8 Å². The number of rotatable bonds is 3. The van der Waals surface area contributed by atoms with Crippen molar-refractivity contribution in [3.05, 3.63) is 47.5 Å². The second-order valence-electron chi connectivity index (χ2n) is 7.77. The summed E-state index contributed by atoms with van der Waals surface area (Å²) in [4.78, 5) is 34.2. The average molecular weight is 381 g/mol. The van der Waals surface area contributed by atoms with Crippen LogP contribution in [0.2, 0.25) is 0 Å². The number of piperazine rings is 1. The minimum Gasteiger partial charge on any atom is -0.336 e. The van der Waals surface area contributed by atoms with E-state index in [-0.39, 0.29) is 30.2 Å². The van der Waals surface area contributed by atoms with E-state index in [1.165, 1.54) is 0 Å². The number of nitrogens with one attached hydrogen (secondary N) is 1. The van der Waals surface area contributed by atoms with Gasteiger partial charge in [0.1, 0.15) is 11.9 Å². The Labute approximate surface area is 165 Å². The first-order valence-electron chi connectivity index (χ1n) is 9.82. The molecule has 1 aromatic heterocycles. The van der Waals surface area contributed by atoms with E-state index in [9.17, 15) is 9.59 Å². The van der Waals surface area contributed by atoms with Crippen LogP contribution in [0.5, 0.6) is 0 Å². The number of imidazole rings is 1. The van der Waals surface area contributed by atoms with Crippen molar-refractivity contribution in [2.75, 3.05) is 31.1 Å². The van der Waals surface area contributed by atoms with Gasteiger partial charge in [-0.15, -0.1) is 0 Å². The molecule has 0 aliphatic carbocycles. The van der Waals surface area contributed by atoms with Crippen LogP contribution >= 0.6 is 0 Å². The van der Waals surface area contributed by atoms with E-state index in [0.717, 1.165) is 29.2 Å². The molecule has 2 aliphatic heterocycles. The molecule has 2 aromatic rings. The van der Waals surface area contributed by atoms with Gasteiger partial charge in [-0.25, -0.2) is 4.98 Å². The third-order valence-corrected chi connectivity index (χ3v) is 6.02. The molecule has 2 atom stereocenters. The maximum Gasteiger partial charge on any atom is 0.228 e. The van der Waals surface area contributed by atoms with Crippen molar-refractivity contribution < 1.29 is 9.59 Å². The van der Waals surface area contributed by atoms with E-state index in [2.05, 4.69) is 10.3 Å². The lowest BCUT2D eigenvalue weighted by Crippen LogP contribution is -2.51. The number of benzene rings is 1. The van der Waals surface area contributed by atoms with Gasteiger partial charge in [-0.3, -0.25) is 9.59 Å². The number of aromatic nitrogens is 2. The Kier molecular flexibility index (Phi) is 4.93. The Bertz CT molecular complexity index is 906. The summed E-state index contributed by atoms with van der Waals surface area (Å²) < 4.78 is 1.96. The Morgan fingerprint density at radius 2 is 2.11 bits per heavy atom. The molecule has 0 spiro atoms. The Morgan fingerprint density at radius 1 is 1.29 bits per heavy atom. The number of anilines is 1. The van der Waals surface area contributed by atoms with E-state index in [1.807, 2.05) is 54.8 Å². The zero-order chi connectivity index (χ0) is 19.8. The molecular weight excluding hydrogens is 354 g/mol. The van der Waals surface area contributed by atoms with Gasteiger partial charge in [0.25, 0.3) is 0 Å². The van der Waals surface area contributed by atoms with Crippen molar-refractivity contribution in [3.63, 3.8) is 0 Å². The fraction of sp³-hybridized carbons (Fsp3) is 0.476. The lowest BCUT2D eigenvalue weighted by atomic mass is 10.0. The van der Waals surface area contributed by atoms with Crippen molar-refractivity contribution >= 4 is 17.5 Å². The third kappa shape index (κ3) is 3.20. The highest BCUT2D eigenvalue weighted by Crippen LogP contribution is 2.32. The van der Waals surface area contributed by atoms with Gasteiger partial charge < -0.3 is 19.7 Å². The van der Waals surface area contributed by atoms with Gasteiger partial charge in [0, 0.05) is 57.7 Å². The molecule has 1 N–H and O–H groups in total. The molecule has 3 heterocycles. The maximum atomic E-state index is 13.4. The second-order valence-corrected chi connectivity index (χ2v) is 7.77. The Hall–Kier alpha value is -2.67. The Morgan fingerprint density at radius 3 is 2.86 bits per heavy atom. The third-order valence-electron chi connectivity index (χ3n) is 6.02. The zero-order valence-corrected chi connectivity index (χ0v) is 16.7. The van der Waals surface area contributed by atoms with Gasteiger partial charge in [0.15, 0.2) is 0 Å². The minimum atomic E-state index is -0.312. The molecule has 148 valence electrons. The second kappa shape index (κ2) is 7.39. The monoisotopic (exact) mass is 381 g/mol. The van der Waals surface area contributed by atoms with Gasteiger partial charge in [0.2, 0.25) is 11.8 Å². The molecule has 2 amide bonds. The maximum absolute atomic E-state index is 13.4. The number of nitrogens with zero attached hydrogens (tertiary/aromatic N) is 4. The van der Waals surface area contributed by atoms with E-state index < -0.39 is 0 Å². The number of carbonyl (C=O) groups excluding carboxylic acids is 2. The number of aryl methyl sites for hydroxylation is 2. The molecule has 0 saturated carbocycles. The van der Waals surface area contributed by atoms with Crippen LogP contribution in [-0.2, 0) is 16.6 Å². The van der Waals surface area contributed by atoms with Crippen LogP contribution < -0.4 is 10.2 Å². The van der Waals surface area contributed by atoms with Crippen molar-refractivity contribution in [3.8, 4) is 0 Å². The van der Waals surface area contributed by atoms with Crippen LogP contribution in [-0.4, -0.2) is 52.4 Å². The molecule has 1 aromatic carbocycles. The fourth-order valence-corrected chi connectivity index (χ4v) is 4.27. The molecule has 28 heavy (non-hydrogen) atoms. The van der Waals surface area contributed by atoms with Crippen LogP contribution in [0.15, 0.2) is 30.6 Å². The highest BCUT2D eigenvalue weighted by Gasteiger charge is 2.41. The zero-order valence-electron chi connectivity index (χ0n) is 16.7. The molecule has 2 unspecified atom stereocenters. The normalized spacial score (nSPS) is 22.8. The molecule has 2 aliphatic rings. The first-order chi connectivity index (χ1) is 13.5. The molecule has 7 nitrogen and oxygen atoms in total. The number of carbonyl (C=O) groups is 2. The van der Waals surface area contributed by atoms with E-state index in [1.54, 1.807) is 11.1 Å². The topological polar surface area (TPSA) is 70.5 Å². The number of hydrogen-bond donors (Lipinski definition) is 1. The van der Waals surface area contributed by atoms with Crippen LogP contribution in [0.4, 0.5) is 5.69 Å². The van der Waals surface area contributed by atoms with Gasteiger partial charge >= 0.3 is 0 Å². The predicted molar refractivity (Wildman–Crippen MR) is 107 cm³/mol. The Balaban J connectivity index is 1.55. The van der Waals surface area contributed by atoms with Crippen molar-refractivity contribution in [1.29, 1.82) is 0 Å². The van der Waals surface area contributed by atoms with E-state index in [4.69, 9.17) is 0 Å². The highest BCUT2D eigenvalue weighted by molar-refractivity contribution is 6.01. The quantitative estimate of drug-likeness (QED) is 0.876. The van der Waals surface area contributed by atoms with Crippen LogP contribution in [0, 0.1) is 19.8 Å². The molecule has 0 radical (unpaired) electrons. The molecular formula is C21H27N5O2. The number of amides is 2. The molecule has 4 rings (SSSR count). The largest absolute Gasteiger partial charge is 0.336 e. The van der Waals surface area contributed by atoms with Gasteiger partial charge in [-0.1, -0.05) is 12.1 Å². The summed E-state index contributed by atoms with van der Waals surface area (Å²) in [6, 6.07) is 5.87. The lowest BCUT2D eigenvalue weighted by molar-refractivity contribution is -0.139. The molecule has 7 heteroatoms. The molecule has 0 bridgehead atoms. The van der Waals surface area contributed by atoms with Crippen molar-refractivity contribution in [2.45, 2.75) is 26.3 Å². The lowest BCUT2D eigenvalue weighted by Gasteiger charge is -2.37. The highest BCUT2D eigenvalue weighted by atomic mass is 16.2. The summed E-state index contributed by atoms with van der Waals surface area (Å²) in [6.45, 7) is 6.58. The summed E-state index contributed by atoms with van der Waals surface area (Å²) in [5, 5.41) is 3.36. The summed E-state index contributed by atoms with van der Waals surface area (Å²) in [6.07, 6.45) is 3.92. The van der Waals surface area contributed by atoms with Gasteiger partial charge in [-0.05, 0) is 31.0 Å². The average Bonchev–Trinajstić information content (AvgIpc) is 3.29. The SMILES string of the molecule is Cc1cccc(N2CC(C(=O)N3CCNCC3c3nccn3C)CC2=O)c1C.